The van der Waals surface area contributed by atoms with E-state index in [1.807, 2.05) is 38.1 Å². The third-order valence-corrected chi connectivity index (χ3v) is 4.08. The van der Waals surface area contributed by atoms with Gasteiger partial charge in [-0.15, -0.1) is 0 Å². The van der Waals surface area contributed by atoms with Crippen LogP contribution in [0.25, 0.3) is 0 Å². The van der Waals surface area contributed by atoms with E-state index in [0.717, 1.165) is 30.6 Å². The number of ketones is 1. The van der Waals surface area contributed by atoms with E-state index in [1.165, 1.54) is 0 Å². The average molecular weight is 260 g/mol. The van der Waals surface area contributed by atoms with Gasteiger partial charge in [0.15, 0.2) is 5.78 Å². The van der Waals surface area contributed by atoms with Gasteiger partial charge in [-0.2, -0.15) is 0 Å². The van der Waals surface area contributed by atoms with Crippen LogP contribution < -0.4 is 4.74 Å². The van der Waals surface area contributed by atoms with Gasteiger partial charge in [0.2, 0.25) is 0 Å². The van der Waals surface area contributed by atoms with Gasteiger partial charge in [0.25, 0.3) is 0 Å². The lowest BCUT2D eigenvalue weighted by Crippen LogP contribution is -2.25. The highest BCUT2D eigenvalue weighted by Gasteiger charge is 2.39. The Morgan fingerprint density at radius 1 is 1.26 bits per heavy atom. The van der Waals surface area contributed by atoms with Crippen molar-refractivity contribution in [3.63, 3.8) is 0 Å². The zero-order chi connectivity index (χ0) is 14.0. The van der Waals surface area contributed by atoms with E-state index in [1.54, 1.807) is 0 Å². The second-order valence-electron chi connectivity index (χ2n) is 6.49. The Bertz CT molecular complexity index is 443. The third kappa shape index (κ3) is 3.17. The molecule has 0 heterocycles. The van der Waals surface area contributed by atoms with Gasteiger partial charge in [-0.1, -0.05) is 20.3 Å². The first-order valence-corrected chi connectivity index (χ1v) is 7.21. The van der Waals surface area contributed by atoms with Crippen LogP contribution in [0, 0.1) is 11.3 Å². The lowest BCUT2D eigenvalue weighted by atomic mass is 9.78. The molecule has 104 valence electrons. The highest BCUT2D eigenvalue weighted by atomic mass is 16.5. The molecule has 1 aromatic rings. The molecule has 2 heteroatoms. The molecule has 1 unspecified atom stereocenters. The molecular formula is C17H24O2. The summed E-state index contributed by atoms with van der Waals surface area (Å²) in [7, 11) is 0. The largest absolute Gasteiger partial charge is 0.491 e. The minimum Gasteiger partial charge on any atom is -0.491 e. The zero-order valence-corrected chi connectivity index (χ0v) is 12.4. The molecule has 0 radical (unpaired) electrons. The number of hydrogen-bond donors (Lipinski definition) is 0. The Morgan fingerprint density at radius 3 is 2.37 bits per heavy atom. The molecular weight excluding hydrogens is 236 g/mol. The Balaban J connectivity index is 2.12. The lowest BCUT2D eigenvalue weighted by molar-refractivity contribution is 0.0839. The van der Waals surface area contributed by atoms with Crippen molar-refractivity contribution in [1.29, 1.82) is 0 Å². The maximum absolute atomic E-state index is 12.6. The SMILES string of the molecule is CC(C)Oc1ccc(C(=O)C2CCCC2(C)C)cc1. The summed E-state index contributed by atoms with van der Waals surface area (Å²) < 4.78 is 5.60. The summed E-state index contributed by atoms with van der Waals surface area (Å²) in [6, 6.07) is 7.59. The highest BCUT2D eigenvalue weighted by molar-refractivity contribution is 5.98. The van der Waals surface area contributed by atoms with Gasteiger partial charge >= 0.3 is 0 Å². The molecule has 0 N–H and O–H groups in total. The van der Waals surface area contributed by atoms with Crippen molar-refractivity contribution in [2.75, 3.05) is 0 Å². The Hall–Kier alpha value is -1.31. The molecule has 2 nitrogen and oxygen atoms in total. The normalized spacial score (nSPS) is 21.6. The average Bonchev–Trinajstić information content (AvgIpc) is 2.68. The minimum absolute atomic E-state index is 0.143. The first-order chi connectivity index (χ1) is 8.90. The number of carbonyl (C=O) groups excluding carboxylic acids is 1. The number of benzene rings is 1. The van der Waals surface area contributed by atoms with E-state index >= 15 is 0 Å². The molecule has 1 atom stereocenters. The molecule has 1 aliphatic carbocycles. The summed E-state index contributed by atoms with van der Waals surface area (Å²) in [5.74, 6) is 1.29. The van der Waals surface area contributed by atoms with Crippen molar-refractivity contribution in [3.05, 3.63) is 29.8 Å². The van der Waals surface area contributed by atoms with E-state index in [9.17, 15) is 4.79 Å². The van der Waals surface area contributed by atoms with Gasteiger partial charge in [0.1, 0.15) is 5.75 Å². The topological polar surface area (TPSA) is 26.3 Å². The third-order valence-electron chi connectivity index (χ3n) is 4.08. The van der Waals surface area contributed by atoms with Gasteiger partial charge < -0.3 is 4.74 Å². The maximum Gasteiger partial charge on any atom is 0.166 e. The van der Waals surface area contributed by atoms with Gasteiger partial charge in [0.05, 0.1) is 6.10 Å². The summed E-state index contributed by atoms with van der Waals surface area (Å²) in [6.45, 7) is 8.41. The Morgan fingerprint density at radius 2 is 1.89 bits per heavy atom. The highest BCUT2D eigenvalue weighted by Crippen LogP contribution is 2.44. The Labute approximate surface area is 116 Å². The van der Waals surface area contributed by atoms with Crippen LogP contribution in [0.1, 0.15) is 57.3 Å². The smallest absolute Gasteiger partial charge is 0.166 e. The van der Waals surface area contributed by atoms with Crippen LogP contribution in [-0.2, 0) is 0 Å². The number of rotatable bonds is 4. The predicted molar refractivity (Wildman–Crippen MR) is 77.7 cm³/mol. The summed E-state index contributed by atoms with van der Waals surface area (Å²) in [6.07, 6.45) is 3.50. The van der Waals surface area contributed by atoms with Crippen molar-refractivity contribution in [2.24, 2.45) is 11.3 Å². The molecule has 1 saturated carbocycles. The van der Waals surface area contributed by atoms with Crippen LogP contribution in [0.15, 0.2) is 24.3 Å². The number of carbonyl (C=O) groups is 1. The number of Topliss-reactive ketones (excluding diaryl/α,β-unsaturated/α-hetero) is 1. The van der Waals surface area contributed by atoms with Gasteiger partial charge in [-0.05, 0) is 56.4 Å². The molecule has 19 heavy (non-hydrogen) atoms. The predicted octanol–water partition coefficient (Wildman–Crippen LogP) is 4.48. The van der Waals surface area contributed by atoms with Crippen molar-refractivity contribution < 1.29 is 9.53 Å². The van der Waals surface area contributed by atoms with E-state index in [4.69, 9.17) is 4.74 Å². The fraction of sp³-hybridized carbons (Fsp3) is 0.588. The molecule has 1 aromatic carbocycles. The maximum atomic E-state index is 12.6. The molecule has 0 amide bonds. The number of ether oxygens (including phenoxy) is 1. The van der Waals surface area contributed by atoms with Gasteiger partial charge in [-0.3, -0.25) is 4.79 Å². The monoisotopic (exact) mass is 260 g/mol. The van der Waals surface area contributed by atoms with Crippen LogP contribution in [0.3, 0.4) is 0 Å². The van der Waals surface area contributed by atoms with Crippen molar-refractivity contribution in [2.45, 2.75) is 53.1 Å². The van der Waals surface area contributed by atoms with Crippen LogP contribution in [-0.4, -0.2) is 11.9 Å². The first kappa shape index (κ1) is 14.1. The number of hydrogen-bond acceptors (Lipinski definition) is 2. The molecule has 0 saturated heterocycles. The second-order valence-corrected chi connectivity index (χ2v) is 6.49. The zero-order valence-electron chi connectivity index (χ0n) is 12.4. The second kappa shape index (κ2) is 5.36. The van der Waals surface area contributed by atoms with Crippen molar-refractivity contribution >= 4 is 5.78 Å². The molecule has 1 aliphatic rings. The van der Waals surface area contributed by atoms with E-state index in [2.05, 4.69) is 13.8 Å². The van der Waals surface area contributed by atoms with E-state index in [-0.39, 0.29) is 17.4 Å². The fourth-order valence-corrected chi connectivity index (χ4v) is 2.98. The van der Waals surface area contributed by atoms with Gasteiger partial charge in [-0.25, -0.2) is 0 Å². The molecule has 2 rings (SSSR count). The van der Waals surface area contributed by atoms with Crippen LogP contribution in [0.4, 0.5) is 0 Å². The van der Waals surface area contributed by atoms with Gasteiger partial charge in [0, 0.05) is 11.5 Å². The molecule has 0 spiro atoms. The Kier molecular flexibility index (Phi) is 3.98. The molecule has 0 aliphatic heterocycles. The van der Waals surface area contributed by atoms with Crippen LogP contribution >= 0.6 is 0 Å². The van der Waals surface area contributed by atoms with Crippen LogP contribution in [0.5, 0.6) is 5.75 Å². The van der Waals surface area contributed by atoms with Crippen molar-refractivity contribution in [3.8, 4) is 5.75 Å². The van der Waals surface area contributed by atoms with Crippen molar-refractivity contribution in [1.82, 2.24) is 0 Å². The van der Waals surface area contributed by atoms with E-state index in [0.29, 0.717) is 5.78 Å². The van der Waals surface area contributed by atoms with E-state index < -0.39 is 0 Å². The summed E-state index contributed by atoms with van der Waals surface area (Å²) in [4.78, 5) is 12.6. The minimum atomic E-state index is 0.143. The summed E-state index contributed by atoms with van der Waals surface area (Å²) in [5, 5.41) is 0. The standard InChI is InChI=1S/C17H24O2/c1-12(2)19-14-9-7-13(8-10-14)16(18)15-6-5-11-17(15,3)4/h7-10,12,15H,5-6,11H2,1-4H3. The van der Waals surface area contributed by atoms with Crippen LogP contribution in [0.2, 0.25) is 0 Å². The molecule has 0 bridgehead atoms. The molecule has 0 aromatic heterocycles. The fourth-order valence-electron chi connectivity index (χ4n) is 2.98. The molecule has 1 fully saturated rings. The summed E-state index contributed by atoms with van der Waals surface area (Å²) in [5.41, 5.74) is 0.959. The quantitative estimate of drug-likeness (QED) is 0.746. The summed E-state index contributed by atoms with van der Waals surface area (Å²) >= 11 is 0. The lowest BCUT2D eigenvalue weighted by Gasteiger charge is -2.25. The first-order valence-electron chi connectivity index (χ1n) is 7.21.